The summed E-state index contributed by atoms with van der Waals surface area (Å²) in [5.41, 5.74) is 2.86. The number of anilines is 1. The molecular formula is C17H19N5O. The van der Waals surface area contributed by atoms with Gasteiger partial charge < -0.3 is 14.6 Å². The lowest BCUT2D eigenvalue weighted by Gasteiger charge is -2.17. The van der Waals surface area contributed by atoms with E-state index >= 15 is 0 Å². The van der Waals surface area contributed by atoms with Gasteiger partial charge in [-0.1, -0.05) is 30.3 Å². The summed E-state index contributed by atoms with van der Waals surface area (Å²) >= 11 is 0. The molecule has 1 N–H and O–H groups in total. The Balaban J connectivity index is 1.35. The van der Waals surface area contributed by atoms with Crippen molar-refractivity contribution in [2.45, 2.75) is 13.0 Å². The zero-order chi connectivity index (χ0) is 15.5. The molecule has 0 spiro atoms. The van der Waals surface area contributed by atoms with Crippen LogP contribution in [0, 0.1) is 5.92 Å². The van der Waals surface area contributed by atoms with Crippen LogP contribution in [0.1, 0.15) is 12.0 Å². The predicted molar refractivity (Wildman–Crippen MR) is 88.1 cm³/mol. The molecular weight excluding hydrogens is 290 g/mol. The Kier molecular flexibility index (Phi) is 3.90. The summed E-state index contributed by atoms with van der Waals surface area (Å²) in [4.78, 5) is 18.2. The van der Waals surface area contributed by atoms with Gasteiger partial charge in [-0.15, -0.1) is 0 Å². The lowest BCUT2D eigenvalue weighted by molar-refractivity contribution is 0.0929. The highest BCUT2D eigenvalue weighted by Gasteiger charge is 2.25. The number of aromatic amines is 1. The molecule has 0 bridgehead atoms. The van der Waals surface area contributed by atoms with Gasteiger partial charge in [-0.2, -0.15) is 0 Å². The van der Waals surface area contributed by atoms with Crippen LogP contribution in [0.3, 0.4) is 0 Å². The van der Waals surface area contributed by atoms with Crippen LogP contribution in [-0.2, 0) is 11.3 Å². The number of nitrogens with zero attached hydrogens (tertiary/aromatic N) is 4. The molecule has 23 heavy (non-hydrogen) atoms. The Bertz CT molecular complexity index is 773. The van der Waals surface area contributed by atoms with E-state index in [1.54, 1.807) is 12.7 Å². The van der Waals surface area contributed by atoms with E-state index < -0.39 is 0 Å². The number of ether oxygens (including phenoxy) is 1. The van der Waals surface area contributed by atoms with Crippen LogP contribution in [0.5, 0.6) is 0 Å². The van der Waals surface area contributed by atoms with Gasteiger partial charge in [-0.05, 0) is 12.0 Å². The average Bonchev–Trinajstić information content (AvgIpc) is 3.24. The van der Waals surface area contributed by atoms with Gasteiger partial charge in [0.1, 0.15) is 11.8 Å². The first-order chi connectivity index (χ1) is 11.4. The van der Waals surface area contributed by atoms with Crippen molar-refractivity contribution in [2.24, 2.45) is 5.92 Å². The molecule has 1 atom stereocenters. The number of rotatable bonds is 5. The van der Waals surface area contributed by atoms with Crippen LogP contribution in [0.15, 0.2) is 43.0 Å². The van der Waals surface area contributed by atoms with Crippen molar-refractivity contribution in [1.29, 1.82) is 0 Å². The largest absolute Gasteiger partial charge is 0.376 e. The van der Waals surface area contributed by atoms with Crippen molar-refractivity contribution in [3.63, 3.8) is 0 Å². The van der Waals surface area contributed by atoms with E-state index in [1.165, 1.54) is 5.56 Å². The standard InChI is InChI=1S/C17H19N5O/c1-2-4-13(5-3-1)9-23-10-14-6-7-22(8-14)17-15-16(19-11-18-15)20-12-21-17/h1-5,11-12,14H,6-10H2,(H,18,19,20,21)/t14-/m1/s1. The molecule has 1 aliphatic rings. The molecule has 118 valence electrons. The van der Waals surface area contributed by atoms with E-state index in [4.69, 9.17) is 4.74 Å². The number of hydrogen-bond donors (Lipinski definition) is 1. The molecule has 2 aromatic heterocycles. The molecule has 6 heteroatoms. The molecule has 3 heterocycles. The van der Waals surface area contributed by atoms with Gasteiger partial charge in [0.05, 0.1) is 19.5 Å². The monoisotopic (exact) mass is 309 g/mol. The first-order valence-corrected chi connectivity index (χ1v) is 7.91. The van der Waals surface area contributed by atoms with Gasteiger partial charge in [0.15, 0.2) is 11.5 Å². The Hall–Kier alpha value is -2.47. The zero-order valence-corrected chi connectivity index (χ0v) is 12.9. The third-order valence-electron chi connectivity index (χ3n) is 4.25. The molecule has 1 aliphatic heterocycles. The number of imidazole rings is 1. The average molecular weight is 309 g/mol. The smallest absolute Gasteiger partial charge is 0.182 e. The number of benzene rings is 1. The lowest BCUT2D eigenvalue weighted by Crippen LogP contribution is -2.22. The molecule has 0 unspecified atom stereocenters. The fourth-order valence-corrected chi connectivity index (χ4v) is 3.07. The van der Waals surface area contributed by atoms with E-state index in [0.29, 0.717) is 12.5 Å². The summed E-state index contributed by atoms with van der Waals surface area (Å²) in [6.07, 6.45) is 4.37. The van der Waals surface area contributed by atoms with Crippen LogP contribution >= 0.6 is 0 Å². The summed E-state index contributed by atoms with van der Waals surface area (Å²) in [5.74, 6) is 1.48. The Morgan fingerprint density at radius 1 is 1.17 bits per heavy atom. The normalized spacial score (nSPS) is 17.9. The van der Waals surface area contributed by atoms with E-state index in [2.05, 4.69) is 37.0 Å². The Morgan fingerprint density at radius 2 is 2.09 bits per heavy atom. The second-order valence-corrected chi connectivity index (χ2v) is 5.90. The predicted octanol–water partition coefficient (Wildman–Crippen LogP) is 2.40. The highest BCUT2D eigenvalue weighted by molar-refractivity contribution is 5.82. The van der Waals surface area contributed by atoms with Gasteiger partial charge in [0, 0.05) is 19.0 Å². The number of nitrogens with one attached hydrogen (secondary N) is 1. The van der Waals surface area contributed by atoms with Crippen molar-refractivity contribution in [2.75, 3.05) is 24.6 Å². The summed E-state index contributed by atoms with van der Waals surface area (Å²) in [6, 6.07) is 10.3. The van der Waals surface area contributed by atoms with E-state index in [9.17, 15) is 0 Å². The van der Waals surface area contributed by atoms with Gasteiger partial charge in [0.2, 0.25) is 0 Å². The van der Waals surface area contributed by atoms with Crippen molar-refractivity contribution >= 4 is 17.0 Å². The van der Waals surface area contributed by atoms with Crippen LogP contribution in [0.2, 0.25) is 0 Å². The lowest BCUT2D eigenvalue weighted by atomic mass is 10.1. The summed E-state index contributed by atoms with van der Waals surface area (Å²) in [6.45, 7) is 3.41. The summed E-state index contributed by atoms with van der Waals surface area (Å²) in [7, 11) is 0. The number of fused-ring (bicyclic) bond motifs is 1. The Morgan fingerprint density at radius 3 is 3.00 bits per heavy atom. The van der Waals surface area contributed by atoms with Crippen LogP contribution < -0.4 is 4.90 Å². The maximum absolute atomic E-state index is 5.88. The first kappa shape index (κ1) is 14.1. The van der Waals surface area contributed by atoms with Crippen LogP contribution in [0.4, 0.5) is 5.82 Å². The van der Waals surface area contributed by atoms with Crippen molar-refractivity contribution in [3.05, 3.63) is 48.5 Å². The van der Waals surface area contributed by atoms with Gasteiger partial charge >= 0.3 is 0 Å². The molecule has 0 radical (unpaired) electrons. The molecule has 3 aromatic rings. The fourth-order valence-electron chi connectivity index (χ4n) is 3.07. The van der Waals surface area contributed by atoms with E-state index in [0.717, 1.165) is 43.1 Å². The molecule has 0 amide bonds. The molecule has 1 aromatic carbocycles. The minimum Gasteiger partial charge on any atom is -0.376 e. The van der Waals surface area contributed by atoms with E-state index in [-0.39, 0.29) is 0 Å². The maximum Gasteiger partial charge on any atom is 0.182 e. The van der Waals surface area contributed by atoms with Crippen LogP contribution in [-0.4, -0.2) is 39.6 Å². The highest BCUT2D eigenvalue weighted by Crippen LogP contribution is 2.26. The molecule has 0 aliphatic carbocycles. The van der Waals surface area contributed by atoms with Crippen molar-refractivity contribution in [1.82, 2.24) is 19.9 Å². The maximum atomic E-state index is 5.88. The van der Waals surface area contributed by atoms with Gasteiger partial charge in [-0.3, -0.25) is 0 Å². The molecule has 6 nitrogen and oxygen atoms in total. The third kappa shape index (κ3) is 3.03. The molecule has 0 saturated carbocycles. The first-order valence-electron chi connectivity index (χ1n) is 7.91. The van der Waals surface area contributed by atoms with Crippen LogP contribution in [0.25, 0.3) is 11.2 Å². The Labute approximate surface area is 134 Å². The quantitative estimate of drug-likeness (QED) is 0.784. The second kappa shape index (κ2) is 6.34. The SMILES string of the molecule is c1ccc(COC[C@@H]2CCN(c3ncnc4nc[nH]c34)C2)cc1. The van der Waals surface area contributed by atoms with Gasteiger partial charge in [-0.25, -0.2) is 15.0 Å². The highest BCUT2D eigenvalue weighted by atomic mass is 16.5. The summed E-state index contributed by atoms with van der Waals surface area (Å²) in [5, 5.41) is 0. The number of hydrogen-bond acceptors (Lipinski definition) is 5. The zero-order valence-electron chi connectivity index (χ0n) is 12.9. The fraction of sp³-hybridized carbons (Fsp3) is 0.353. The van der Waals surface area contributed by atoms with Crippen molar-refractivity contribution in [3.8, 4) is 0 Å². The number of aromatic nitrogens is 4. The molecule has 4 rings (SSSR count). The third-order valence-corrected chi connectivity index (χ3v) is 4.25. The minimum absolute atomic E-state index is 0.534. The van der Waals surface area contributed by atoms with Crippen molar-refractivity contribution < 1.29 is 4.74 Å². The second-order valence-electron chi connectivity index (χ2n) is 5.90. The minimum atomic E-state index is 0.534. The molecule has 1 fully saturated rings. The molecule has 1 saturated heterocycles. The van der Waals surface area contributed by atoms with E-state index in [1.807, 2.05) is 18.2 Å². The summed E-state index contributed by atoms with van der Waals surface area (Å²) < 4.78 is 5.88. The van der Waals surface area contributed by atoms with Gasteiger partial charge in [0.25, 0.3) is 0 Å². The number of H-pyrrole nitrogens is 1. The topological polar surface area (TPSA) is 66.9 Å².